The predicted octanol–water partition coefficient (Wildman–Crippen LogP) is 0.479. The lowest BCUT2D eigenvalue weighted by Gasteiger charge is -2.43. The van der Waals surface area contributed by atoms with E-state index in [-0.39, 0.29) is 0 Å². The first-order chi connectivity index (χ1) is 11.1. The van der Waals surface area contributed by atoms with Crippen molar-refractivity contribution >= 4 is 23.9 Å². The van der Waals surface area contributed by atoms with Gasteiger partial charge in [-0.3, -0.25) is 19.2 Å². The van der Waals surface area contributed by atoms with Gasteiger partial charge < -0.3 is 23.7 Å². The number of esters is 4. The summed E-state index contributed by atoms with van der Waals surface area (Å²) in [5.41, 5.74) is 0. The lowest BCUT2D eigenvalue weighted by molar-refractivity contribution is -0.296. The summed E-state index contributed by atoms with van der Waals surface area (Å²) in [6.07, 6.45) is -5.06. The Morgan fingerprint density at radius 1 is 0.708 bits per heavy atom. The fourth-order valence-corrected chi connectivity index (χ4v) is 2.44. The van der Waals surface area contributed by atoms with Crippen LogP contribution in [0, 0.1) is 0 Å². The molecule has 0 unspecified atom stereocenters. The van der Waals surface area contributed by atoms with Gasteiger partial charge in [-0.1, -0.05) is 6.92 Å². The molecule has 1 saturated heterocycles. The Morgan fingerprint density at radius 3 is 1.54 bits per heavy atom. The van der Waals surface area contributed by atoms with E-state index in [0.29, 0.717) is 6.42 Å². The lowest BCUT2D eigenvalue weighted by atomic mass is 9.96. The Morgan fingerprint density at radius 2 is 1.12 bits per heavy atom. The second-order valence-corrected chi connectivity index (χ2v) is 5.28. The Bertz CT molecular complexity index is 501. The van der Waals surface area contributed by atoms with Crippen LogP contribution >= 0.6 is 0 Å². The van der Waals surface area contributed by atoms with Gasteiger partial charge in [-0.15, -0.1) is 0 Å². The summed E-state index contributed by atoms with van der Waals surface area (Å²) >= 11 is 0. The largest absolute Gasteiger partial charge is 0.456 e. The highest BCUT2D eigenvalue weighted by Crippen LogP contribution is 2.30. The molecule has 0 aromatic rings. The monoisotopic (exact) mass is 346 g/mol. The molecule has 5 atom stereocenters. The van der Waals surface area contributed by atoms with E-state index >= 15 is 0 Å². The molecule has 0 bridgehead atoms. The van der Waals surface area contributed by atoms with Crippen molar-refractivity contribution in [2.75, 3.05) is 0 Å². The van der Waals surface area contributed by atoms with Crippen molar-refractivity contribution in [2.45, 2.75) is 71.7 Å². The molecule has 1 aliphatic rings. The van der Waals surface area contributed by atoms with Gasteiger partial charge in [0.2, 0.25) is 12.4 Å². The van der Waals surface area contributed by atoms with Gasteiger partial charge in [-0.2, -0.15) is 0 Å². The van der Waals surface area contributed by atoms with Crippen LogP contribution in [0.1, 0.15) is 41.0 Å². The second kappa shape index (κ2) is 8.62. The maximum Gasteiger partial charge on any atom is 0.305 e. The zero-order valence-electron chi connectivity index (χ0n) is 14.3. The van der Waals surface area contributed by atoms with Gasteiger partial charge in [0.05, 0.1) is 0 Å². The summed E-state index contributed by atoms with van der Waals surface area (Å²) in [7, 11) is 0. The highest BCUT2D eigenvalue weighted by atomic mass is 16.7. The molecule has 0 radical (unpaired) electrons. The average molecular weight is 346 g/mol. The standard InChI is InChI=1S/C15H22O9/c1-6-11-12(20-7(2)16)13(21-8(3)17)14(22-9(4)18)15(24-11)23-10(5)19/h11-15H,6H2,1-5H3/t11-,12-,13+,14+,15-/m0/s1. The third-order valence-corrected chi connectivity index (χ3v) is 3.18. The molecular weight excluding hydrogens is 324 g/mol. The van der Waals surface area contributed by atoms with E-state index in [1.807, 2.05) is 0 Å². The Balaban J connectivity index is 3.23. The molecule has 9 heteroatoms. The van der Waals surface area contributed by atoms with E-state index in [0.717, 1.165) is 20.8 Å². The van der Waals surface area contributed by atoms with Gasteiger partial charge in [-0.05, 0) is 6.42 Å². The van der Waals surface area contributed by atoms with Crippen LogP contribution in [0.15, 0.2) is 0 Å². The van der Waals surface area contributed by atoms with Crippen LogP contribution < -0.4 is 0 Å². The smallest absolute Gasteiger partial charge is 0.305 e. The molecule has 1 rings (SSSR count). The van der Waals surface area contributed by atoms with E-state index in [2.05, 4.69) is 0 Å². The molecule has 0 aromatic carbocycles. The van der Waals surface area contributed by atoms with E-state index in [1.54, 1.807) is 6.92 Å². The second-order valence-electron chi connectivity index (χ2n) is 5.28. The first-order valence-electron chi connectivity index (χ1n) is 7.50. The Labute approximate surface area is 139 Å². The highest BCUT2D eigenvalue weighted by molar-refractivity contribution is 5.69. The molecule has 1 fully saturated rings. The van der Waals surface area contributed by atoms with Gasteiger partial charge in [0.25, 0.3) is 0 Å². The summed E-state index contributed by atoms with van der Waals surface area (Å²) < 4.78 is 26.1. The van der Waals surface area contributed by atoms with Crippen molar-refractivity contribution in [1.29, 1.82) is 0 Å². The summed E-state index contributed by atoms with van der Waals surface area (Å²) in [6.45, 7) is 6.41. The molecule has 1 aliphatic heterocycles. The van der Waals surface area contributed by atoms with Crippen molar-refractivity contribution < 1.29 is 42.9 Å². The van der Waals surface area contributed by atoms with Crippen molar-refractivity contribution in [2.24, 2.45) is 0 Å². The minimum atomic E-state index is -1.28. The summed E-state index contributed by atoms with van der Waals surface area (Å²) in [4.78, 5) is 45.5. The molecule has 1 heterocycles. The van der Waals surface area contributed by atoms with Crippen molar-refractivity contribution in [3.63, 3.8) is 0 Å². The molecule has 0 saturated carbocycles. The van der Waals surface area contributed by atoms with Gasteiger partial charge in [-0.25, -0.2) is 0 Å². The summed E-state index contributed by atoms with van der Waals surface area (Å²) in [6, 6.07) is 0. The molecule has 24 heavy (non-hydrogen) atoms. The predicted molar refractivity (Wildman–Crippen MR) is 77.4 cm³/mol. The third kappa shape index (κ3) is 5.48. The summed E-state index contributed by atoms with van der Waals surface area (Å²) in [5, 5.41) is 0. The molecule has 0 amide bonds. The maximum atomic E-state index is 11.4. The number of rotatable bonds is 5. The van der Waals surface area contributed by atoms with Crippen LogP contribution in [-0.4, -0.2) is 54.6 Å². The number of ether oxygens (including phenoxy) is 5. The van der Waals surface area contributed by atoms with Crippen molar-refractivity contribution in [3.05, 3.63) is 0 Å². The average Bonchev–Trinajstić information content (AvgIpc) is 2.42. The van der Waals surface area contributed by atoms with Gasteiger partial charge >= 0.3 is 23.9 Å². The van der Waals surface area contributed by atoms with Crippen LogP contribution in [0.2, 0.25) is 0 Å². The number of carbonyl (C=O) groups excluding carboxylic acids is 4. The van der Waals surface area contributed by atoms with Crippen molar-refractivity contribution in [3.8, 4) is 0 Å². The quantitative estimate of drug-likeness (QED) is 0.518. The molecule has 9 nitrogen and oxygen atoms in total. The van der Waals surface area contributed by atoms with Crippen LogP contribution in [0.3, 0.4) is 0 Å². The van der Waals surface area contributed by atoms with Crippen LogP contribution in [0.5, 0.6) is 0 Å². The van der Waals surface area contributed by atoms with E-state index < -0.39 is 54.6 Å². The highest BCUT2D eigenvalue weighted by Gasteiger charge is 2.52. The van der Waals surface area contributed by atoms with Gasteiger partial charge in [0.15, 0.2) is 12.2 Å². The topological polar surface area (TPSA) is 114 Å². The number of hydrogen-bond acceptors (Lipinski definition) is 9. The van der Waals surface area contributed by atoms with Gasteiger partial charge in [0, 0.05) is 27.7 Å². The van der Waals surface area contributed by atoms with Crippen LogP contribution in [0.4, 0.5) is 0 Å². The lowest BCUT2D eigenvalue weighted by Crippen LogP contribution is -2.61. The third-order valence-electron chi connectivity index (χ3n) is 3.18. The molecule has 0 N–H and O–H groups in total. The fourth-order valence-electron chi connectivity index (χ4n) is 2.44. The van der Waals surface area contributed by atoms with E-state index in [9.17, 15) is 19.2 Å². The zero-order chi connectivity index (χ0) is 18.4. The molecule has 0 spiro atoms. The Hall–Kier alpha value is -2.16. The minimum absolute atomic E-state index is 0.375. The SMILES string of the molecule is CC[C@@H]1O[C@H](OC(C)=O)[C@H](OC(C)=O)[C@H](OC(C)=O)[C@H]1OC(C)=O. The molecular formula is C15H22O9. The molecule has 0 aliphatic carbocycles. The van der Waals surface area contributed by atoms with E-state index in [1.165, 1.54) is 6.92 Å². The summed E-state index contributed by atoms with van der Waals surface area (Å²) in [5.74, 6) is -2.66. The number of hydrogen-bond donors (Lipinski definition) is 0. The fraction of sp³-hybridized carbons (Fsp3) is 0.733. The molecule has 136 valence electrons. The van der Waals surface area contributed by atoms with Crippen LogP contribution in [-0.2, 0) is 42.9 Å². The zero-order valence-corrected chi connectivity index (χ0v) is 14.3. The first kappa shape index (κ1) is 19.9. The van der Waals surface area contributed by atoms with Gasteiger partial charge in [0.1, 0.15) is 6.10 Å². The Kier molecular flexibility index (Phi) is 7.15. The van der Waals surface area contributed by atoms with E-state index in [4.69, 9.17) is 23.7 Å². The normalized spacial score (nSPS) is 29.3. The van der Waals surface area contributed by atoms with Crippen molar-refractivity contribution in [1.82, 2.24) is 0 Å². The number of carbonyl (C=O) groups is 4. The molecule has 0 aromatic heterocycles. The maximum absolute atomic E-state index is 11.4. The first-order valence-corrected chi connectivity index (χ1v) is 7.50. The minimum Gasteiger partial charge on any atom is -0.456 e. The van der Waals surface area contributed by atoms with Crippen LogP contribution in [0.25, 0.3) is 0 Å².